The summed E-state index contributed by atoms with van der Waals surface area (Å²) in [5.41, 5.74) is 8.70. The molecule has 1 aliphatic rings. The fourth-order valence-electron chi connectivity index (χ4n) is 5.33. The minimum atomic E-state index is -0.676. The Kier molecular flexibility index (Phi) is 6.11. The van der Waals surface area contributed by atoms with E-state index in [0.29, 0.717) is 18.3 Å². The molecule has 0 unspecified atom stereocenters. The van der Waals surface area contributed by atoms with Crippen molar-refractivity contribution < 1.29 is 9.90 Å². The summed E-state index contributed by atoms with van der Waals surface area (Å²) in [7, 11) is 0. The van der Waals surface area contributed by atoms with Gasteiger partial charge in [0, 0.05) is 23.7 Å². The van der Waals surface area contributed by atoms with Crippen LogP contribution in [-0.2, 0) is 4.79 Å². The lowest BCUT2D eigenvalue weighted by atomic mass is 9.77. The molecule has 0 radical (unpaired) electrons. The van der Waals surface area contributed by atoms with Gasteiger partial charge < -0.3 is 10.1 Å². The first-order chi connectivity index (χ1) is 17.6. The Hall–Kier alpha value is -3.77. The highest BCUT2D eigenvalue weighted by Gasteiger charge is 2.24. The second kappa shape index (κ2) is 9.70. The highest BCUT2D eigenvalue weighted by Crippen LogP contribution is 2.37. The maximum atomic E-state index is 11.0. The number of aromatic nitrogens is 3. The number of aliphatic carboxylic acids is 1. The number of hydrogen-bond acceptors (Lipinski definition) is 4. The Bertz CT molecular complexity index is 1480. The Morgan fingerprint density at radius 1 is 0.917 bits per heavy atom. The van der Waals surface area contributed by atoms with Gasteiger partial charge >= 0.3 is 5.97 Å². The molecule has 0 aliphatic heterocycles. The normalized spacial score (nSPS) is 17.9. The smallest absolute Gasteiger partial charge is 0.303 e. The number of aromatic amines is 1. The number of H-pyrrole nitrogens is 1. The van der Waals surface area contributed by atoms with Gasteiger partial charge in [-0.25, -0.2) is 4.98 Å². The minimum absolute atomic E-state index is 0.303. The van der Waals surface area contributed by atoms with E-state index in [1.807, 2.05) is 12.3 Å². The topological polar surface area (TPSA) is 78.9 Å². The molecule has 2 aromatic carbocycles. The van der Waals surface area contributed by atoms with E-state index < -0.39 is 5.97 Å². The van der Waals surface area contributed by atoms with Gasteiger partial charge in [-0.3, -0.25) is 9.78 Å². The molecule has 0 atom stereocenters. The molecule has 5 aromatic rings. The molecule has 180 valence electrons. The van der Waals surface area contributed by atoms with Crippen LogP contribution < -0.4 is 0 Å². The van der Waals surface area contributed by atoms with Gasteiger partial charge in [-0.15, -0.1) is 0 Å². The van der Waals surface area contributed by atoms with Gasteiger partial charge in [0.1, 0.15) is 5.82 Å². The van der Waals surface area contributed by atoms with Crippen LogP contribution in [0.1, 0.15) is 43.6 Å². The summed E-state index contributed by atoms with van der Waals surface area (Å²) in [5.74, 6) is 0.994. The quantitative estimate of drug-likeness (QED) is 0.253. The number of carboxylic acid groups (broad SMARTS) is 1. The van der Waals surface area contributed by atoms with E-state index in [9.17, 15) is 4.79 Å². The monoisotopic (exact) mass is 493 g/mol. The SMILES string of the molecule is O=C(O)CC1CCC(c2ccc(-c3ccc(-c4nc5ccc(-c6ccsc6)cc5[nH]4)cn3)cc2)CC1. The predicted octanol–water partition coefficient (Wildman–Crippen LogP) is 7.77. The van der Waals surface area contributed by atoms with E-state index in [-0.39, 0.29) is 0 Å². The van der Waals surface area contributed by atoms with Crippen molar-refractivity contribution in [2.45, 2.75) is 38.0 Å². The van der Waals surface area contributed by atoms with Crippen molar-refractivity contribution in [1.82, 2.24) is 15.0 Å². The third-order valence-corrected chi connectivity index (χ3v) is 8.04. The van der Waals surface area contributed by atoms with Crippen molar-refractivity contribution in [2.75, 3.05) is 0 Å². The first kappa shape index (κ1) is 22.7. The van der Waals surface area contributed by atoms with Crippen LogP contribution in [0.5, 0.6) is 0 Å². The second-order valence-electron chi connectivity index (χ2n) is 9.70. The third kappa shape index (κ3) is 4.69. The Morgan fingerprint density at radius 3 is 2.39 bits per heavy atom. The van der Waals surface area contributed by atoms with Crippen molar-refractivity contribution in [3.05, 3.63) is 83.2 Å². The molecular weight excluding hydrogens is 466 g/mol. The van der Waals surface area contributed by atoms with E-state index in [1.54, 1.807) is 11.3 Å². The second-order valence-corrected chi connectivity index (χ2v) is 10.5. The first-order valence-corrected chi connectivity index (χ1v) is 13.4. The summed E-state index contributed by atoms with van der Waals surface area (Å²) >= 11 is 1.70. The summed E-state index contributed by atoms with van der Waals surface area (Å²) in [4.78, 5) is 23.9. The van der Waals surface area contributed by atoms with Crippen LogP contribution in [0.2, 0.25) is 0 Å². The standard InChI is InChI=1S/C30H27N3O2S/c34-29(35)15-19-1-3-20(4-2-19)21-5-7-22(8-6-21)26-11-10-24(17-31-26)30-32-27-12-9-23(16-28(27)33-30)25-13-14-36-18-25/h5-14,16-20H,1-4,15H2,(H,32,33)(H,34,35). The number of nitrogens with one attached hydrogen (secondary N) is 1. The number of nitrogens with zero attached hydrogens (tertiary/aromatic N) is 2. The predicted molar refractivity (Wildman–Crippen MR) is 145 cm³/mol. The van der Waals surface area contributed by atoms with Gasteiger partial charge in [0.2, 0.25) is 0 Å². The van der Waals surface area contributed by atoms with E-state index in [4.69, 9.17) is 15.1 Å². The molecule has 1 fully saturated rings. The van der Waals surface area contributed by atoms with Gasteiger partial charge in [-0.05, 0) is 95.3 Å². The molecule has 0 spiro atoms. The number of imidazole rings is 1. The largest absolute Gasteiger partial charge is 0.481 e. The molecule has 0 saturated heterocycles. The Balaban J connectivity index is 1.15. The highest BCUT2D eigenvalue weighted by molar-refractivity contribution is 7.08. The Morgan fingerprint density at radius 2 is 1.69 bits per heavy atom. The van der Waals surface area contributed by atoms with Gasteiger partial charge in [0.15, 0.2) is 0 Å². The van der Waals surface area contributed by atoms with Crippen molar-refractivity contribution in [2.24, 2.45) is 5.92 Å². The zero-order valence-electron chi connectivity index (χ0n) is 19.9. The van der Waals surface area contributed by atoms with Gasteiger partial charge in [-0.2, -0.15) is 11.3 Å². The zero-order chi connectivity index (χ0) is 24.5. The fourth-order valence-corrected chi connectivity index (χ4v) is 6.00. The number of fused-ring (bicyclic) bond motifs is 1. The maximum absolute atomic E-state index is 11.0. The average Bonchev–Trinajstić information content (AvgIpc) is 3.59. The van der Waals surface area contributed by atoms with Gasteiger partial charge in [-0.1, -0.05) is 30.3 Å². The number of benzene rings is 2. The van der Waals surface area contributed by atoms with E-state index in [2.05, 4.69) is 70.3 Å². The Labute approximate surface area is 213 Å². The molecule has 0 amide bonds. The summed E-state index contributed by atoms with van der Waals surface area (Å²) in [6.07, 6.45) is 6.31. The van der Waals surface area contributed by atoms with Gasteiger partial charge in [0.25, 0.3) is 0 Å². The summed E-state index contributed by atoms with van der Waals surface area (Å²) in [6, 6.07) is 21.3. The van der Waals surface area contributed by atoms with Crippen LogP contribution in [0.15, 0.2) is 77.6 Å². The highest BCUT2D eigenvalue weighted by atomic mass is 32.1. The van der Waals surface area contributed by atoms with Crippen LogP contribution in [0.4, 0.5) is 0 Å². The van der Waals surface area contributed by atoms with E-state index >= 15 is 0 Å². The first-order valence-electron chi connectivity index (χ1n) is 12.4. The molecule has 2 N–H and O–H groups in total. The minimum Gasteiger partial charge on any atom is -0.481 e. The average molecular weight is 494 g/mol. The molecule has 1 aliphatic carbocycles. The number of carbonyl (C=O) groups is 1. The fraction of sp³-hybridized carbons (Fsp3) is 0.233. The summed E-state index contributed by atoms with van der Waals surface area (Å²) in [6.45, 7) is 0. The van der Waals surface area contributed by atoms with Crippen molar-refractivity contribution in [3.63, 3.8) is 0 Å². The molecule has 0 bridgehead atoms. The molecule has 6 heteroatoms. The lowest BCUT2D eigenvalue weighted by molar-refractivity contribution is -0.138. The number of carboxylic acids is 1. The number of thiophene rings is 1. The molecule has 36 heavy (non-hydrogen) atoms. The van der Waals surface area contributed by atoms with Crippen LogP contribution in [-0.4, -0.2) is 26.0 Å². The molecule has 6 rings (SSSR count). The van der Waals surface area contributed by atoms with Crippen LogP contribution in [0, 0.1) is 5.92 Å². The summed E-state index contributed by atoms with van der Waals surface area (Å²) in [5, 5.41) is 13.3. The number of hydrogen-bond donors (Lipinski definition) is 2. The van der Waals surface area contributed by atoms with Crippen LogP contribution in [0.3, 0.4) is 0 Å². The van der Waals surface area contributed by atoms with Crippen molar-refractivity contribution in [3.8, 4) is 33.8 Å². The molecule has 3 aromatic heterocycles. The van der Waals surface area contributed by atoms with Gasteiger partial charge in [0.05, 0.1) is 16.7 Å². The summed E-state index contributed by atoms with van der Waals surface area (Å²) < 4.78 is 0. The molecule has 3 heterocycles. The lowest BCUT2D eigenvalue weighted by Crippen LogP contribution is -2.16. The van der Waals surface area contributed by atoms with E-state index in [0.717, 1.165) is 59.4 Å². The van der Waals surface area contributed by atoms with Crippen LogP contribution in [0.25, 0.3) is 44.8 Å². The lowest BCUT2D eigenvalue weighted by Gasteiger charge is -2.28. The third-order valence-electron chi connectivity index (χ3n) is 7.36. The number of rotatable bonds is 6. The van der Waals surface area contributed by atoms with Crippen LogP contribution >= 0.6 is 11.3 Å². The maximum Gasteiger partial charge on any atom is 0.303 e. The van der Waals surface area contributed by atoms with Crippen molar-refractivity contribution >= 4 is 28.3 Å². The number of pyridine rings is 1. The van der Waals surface area contributed by atoms with E-state index in [1.165, 1.54) is 16.7 Å². The van der Waals surface area contributed by atoms with Crippen molar-refractivity contribution in [1.29, 1.82) is 0 Å². The molecular formula is C30H27N3O2S. The zero-order valence-corrected chi connectivity index (χ0v) is 20.7. The molecule has 1 saturated carbocycles. The molecule has 5 nitrogen and oxygen atoms in total.